The van der Waals surface area contributed by atoms with Crippen LogP contribution >= 0.6 is 0 Å². The van der Waals surface area contributed by atoms with Crippen molar-refractivity contribution >= 4 is 5.97 Å². The van der Waals surface area contributed by atoms with E-state index in [1.807, 2.05) is 12.1 Å². The average Bonchev–Trinajstić information content (AvgIpc) is 2.55. The van der Waals surface area contributed by atoms with Crippen molar-refractivity contribution in [3.63, 3.8) is 0 Å². The van der Waals surface area contributed by atoms with Crippen molar-refractivity contribution in [2.45, 2.75) is 77.6 Å². The van der Waals surface area contributed by atoms with Crippen LogP contribution in [0.25, 0.3) is 0 Å². The van der Waals surface area contributed by atoms with Gasteiger partial charge in [0.25, 0.3) is 0 Å². The van der Waals surface area contributed by atoms with E-state index in [-0.39, 0.29) is 5.97 Å². The molecule has 2 heteroatoms. The highest BCUT2D eigenvalue weighted by molar-refractivity contribution is 5.72. The lowest BCUT2D eigenvalue weighted by Crippen LogP contribution is -2.13. The van der Waals surface area contributed by atoms with Crippen LogP contribution in [-0.2, 0) is 4.79 Å². The molecule has 0 heterocycles. The summed E-state index contributed by atoms with van der Waals surface area (Å²) in [5.41, 5.74) is 1.41. The van der Waals surface area contributed by atoms with Crippen molar-refractivity contribution in [2.24, 2.45) is 5.92 Å². The first-order valence-corrected chi connectivity index (χ1v) is 9.03. The Morgan fingerprint density at radius 3 is 2.32 bits per heavy atom. The second-order valence-electron chi connectivity index (χ2n) is 6.65. The van der Waals surface area contributed by atoms with E-state index in [2.05, 4.69) is 26.0 Å². The van der Waals surface area contributed by atoms with Gasteiger partial charge in [-0.3, -0.25) is 4.79 Å². The Morgan fingerprint density at radius 1 is 1.05 bits per heavy atom. The number of unbranched alkanes of at least 4 members (excludes halogenated alkanes) is 1. The normalized spacial score (nSPS) is 21.5. The molecule has 1 aliphatic carbocycles. The number of benzene rings is 1. The number of hydrogen-bond acceptors (Lipinski definition) is 2. The molecule has 0 unspecified atom stereocenters. The van der Waals surface area contributed by atoms with Crippen molar-refractivity contribution < 1.29 is 9.53 Å². The van der Waals surface area contributed by atoms with Crippen molar-refractivity contribution in [1.29, 1.82) is 0 Å². The maximum Gasteiger partial charge on any atom is 0.311 e. The molecule has 1 aromatic carbocycles. The fraction of sp³-hybridized carbons (Fsp3) is 0.650. The first-order valence-electron chi connectivity index (χ1n) is 9.03. The van der Waals surface area contributed by atoms with E-state index in [4.69, 9.17) is 4.74 Å². The summed E-state index contributed by atoms with van der Waals surface area (Å²) in [6.45, 7) is 4.37. The zero-order valence-electron chi connectivity index (χ0n) is 14.1. The fourth-order valence-electron chi connectivity index (χ4n) is 3.50. The van der Waals surface area contributed by atoms with Gasteiger partial charge in [-0.15, -0.1) is 0 Å². The molecular weight excluding hydrogens is 272 g/mol. The molecule has 0 aliphatic heterocycles. The molecule has 0 bridgehead atoms. The second kappa shape index (κ2) is 8.97. The van der Waals surface area contributed by atoms with Crippen LogP contribution < -0.4 is 4.74 Å². The summed E-state index contributed by atoms with van der Waals surface area (Å²) >= 11 is 0. The summed E-state index contributed by atoms with van der Waals surface area (Å²) in [4.78, 5) is 11.6. The van der Waals surface area contributed by atoms with Gasteiger partial charge in [-0.2, -0.15) is 0 Å². The van der Waals surface area contributed by atoms with Gasteiger partial charge in [-0.1, -0.05) is 45.2 Å². The lowest BCUT2D eigenvalue weighted by molar-refractivity contribution is -0.134. The minimum atomic E-state index is -0.116. The van der Waals surface area contributed by atoms with Gasteiger partial charge < -0.3 is 4.74 Å². The van der Waals surface area contributed by atoms with Gasteiger partial charge in [0.1, 0.15) is 5.75 Å². The number of carbonyl (C=O) groups is 1. The zero-order chi connectivity index (χ0) is 15.8. The van der Waals surface area contributed by atoms with E-state index in [1.165, 1.54) is 44.1 Å². The van der Waals surface area contributed by atoms with Crippen LogP contribution in [0.1, 0.15) is 83.1 Å². The topological polar surface area (TPSA) is 26.3 Å². The molecule has 1 aliphatic rings. The van der Waals surface area contributed by atoms with Gasteiger partial charge in [0.2, 0.25) is 0 Å². The molecule has 0 spiro atoms. The number of hydrogen-bond donors (Lipinski definition) is 0. The predicted octanol–water partition coefficient (Wildman–Crippen LogP) is 5.86. The first-order chi connectivity index (χ1) is 10.7. The highest BCUT2D eigenvalue weighted by atomic mass is 16.5. The van der Waals surface area contributed by atoms with Crippen LogP contribution in [0.4, 0.5) is 0 Å². The van der Waals surface area contributed by atoms with E-state index in [9.17, 15) is 4.79 Å². The highest BCUT2D eigenvalue weighted by Gasteiger charge is 2.21. The number of ether oxygens (including phenoxy) is 1. The number of rotatable bonds is 7. The molecular formula is C20H30O2. The van der Waals surface area contributed by atoms with Crippen LogP contribution in [0.5, 0.6) is 5.75 Å². The fourth-order valence-corrected chi connectivity index (χ4v) is 3.50. The third-order valence-electron chi connectivity index (χ3n) is 4.86. The number of carbonyl (C=O) groups excluding carboxylic acids is 1. The van der Waals surface area contributed by atoms with Crippen LogP contribution in [0.15, 0.2) is 24.3 Å². The van der Waals surface area contributed by atoms with Crippen molar-refractivity contribution in [2.75, 3.05) is 0 Å². The lowest BCUT2D eigenvalue weighted by Gasteiger charge is -2.28. The third-order valence-corrected chi connectivity index (χ3v) is 4.86. The molecule has 2 rings (SSSR count). The summed E-state index contributed by atoms with van der Waals surface area (Å²) in [6, 6.07) is 8.20. The molecule has 1 saturated carbocycles. The molecule has 1 aromatic rings. The standard InChI is InChI=1S/C20H30O2/c1-3-5-7-20(21)22-19-14-12-18(13-15-19)17-10-8-16(6-4-2)9-11-17/h12-17H,3-11H2,1-2H3/t16-,17-. The molecule has 0 saturated heterocycles. The average molecular weight is 302 g/mol. The summed E-state index contributed by atoms with van der Waals surface area (Å²) in [7, 11) is 0. The SMILES string of the molecule is CCCCC(=O)Oc1ccc([C@H]2CC[C@H](CCC)CC2)cc1. The molecule has 1 fully saturated rings. The molecule has 22 heavy (non-hydrogen) atoms. The Labute approximate surface area is 135 Å². The maximum atomic E-state index is 11.6. The minimum Gasteiger partial charge on any atom is -0.427 e. The molecule has 0 amide bonds. The van der Waals surface area contributed by atoms with Gasteiger partial charge in [0, 0.05) is 6.42 Å². The summed E-state index contributed by atoms with van der Waals surface area (Å²) in [5, 5.41) is 0. The smallest absolute Gasteiger partial charge is 0.311 e. The van der Waals surface area contributed by atoms with E-state index in [1.54, 1.807) is 0 Å². The number of esters is 1. The van der Waals surface area contributed by atoms with E-state index in [0.29, 0.717) is 18.1 Å². The highest BCUT2D eigenvalue weighted by Crippen LogP contribution is 2.37. The molecule has 0 atom stereocenters. The summed E-state index contributed by atoms with van der Waals surface area (Å²) in [5.74, 6) is 2.21. The Hall–Kier alpha value is -1.31. The molecule has 0 radical (unpaired) electrons. The Morgan fingerprint density at radius 2 is 1.73 bits per heavy atom. The Balaban J connectivity index is 1.83. The van der Waals surface area contributed by atoms with Crippen LogP contribution in [0, 0.1) is 5.92 Å². The van der Waals surface area contributed by atoms with Crippen molar-refractivity contribution in [3.05, 3.63) is 29.8 Å². The van der Waals surface area contributed by atoms with E-state index < -0.39 is 0 Å². The Kier molecular flexibility index (Phi) is 6.95. The maximum absolute atomic E-state index is 11.6. The van der Waals surface area contributed by atoms with E-state index >= 15 is 0 Å². The van der Waals surface area contributed by atoms with Gasteiger partial charge in [-0.25, -0.2) is 0 Å². The molecule has 122 valence electrons. The predicted molar refractivity (Wildman–Crippen MR) is 91.2 cm³/mol. The van der Waals surface area contributed by atoms with Crippen molar-refractivity contribution in [1.82, 2.24) is 0 Å². The Bertz CT molecular complexity index is 441. The monoisotopic (exact) mass is 302 g/mol. The van der Waals surface area contributed by atoms with E-state index in [0.717, 1.165) is 18.8 Å². The van der Waals surface area contributed by atoms with Gasteiger partial charge in [0.15, 0.2) is 0 Å². The van der Waals surface area contributed by atoms with Crippen LogP contribution in [0.2, 0.25) is 0 Å². The van der Waals surface area contributed by atoms with Crippen molar-refractivity contribution in [3.8, 4) is 5.75 Å². The minimum absolute atomic E-state index is 0.116. The summed E-state index contributed by atoms with van der Waals surface area (Å²) < 4.78 is 5.37. The third kappa shape index (κ3) is 5.15. The second-order valence-corrected chi connectivity index (χ2v) is 6.65. The lowest BCUT2D eigenvalue weighted by atomic mass is 9.77. The first kappa shape index (κ1) is 17.1. The summed E-state index contributed by atoms with van der Waals surface area (Å²) in [6.07, 6.45) is 10.5. The molecule has 0 aromatic heterocycles. The zero-order valence-corrected chi connectivity index (χ0v) is 14.1. The van der Waals surface area contributed by atoms with Gasteiger partial charge >= 0.3 is 5.97 Å². The van der Waals surface area contributed by atoms with Gasteiger partial charge in [0.05, 0.1) is 0 Å². The quantitative estimate of drug-likeness (QED) is 0.466. The van der Waals surface area contributed by atoms with Crippen LogP contribution in [-0.4, -0.2) is 5.97 Å². The molecule has 2 nitrogen and oxygen atoms in total. The van der Waals surface area contributed by atoms with Gasteiger partial charge in [-0.05, 0) is 61.6 Å². The molecule has 0 N–H and O–H groups in total. The largest absolute Gasteiger partial charge is 0.427 e. The van der Waals surface area contributed by atoms with Crippen LogP contribution in [0.3, 0.4) is 0 Å².